The number of nitrogens with two attached hydrogens (primary N) is 1. The van der Waals surface area contributed by atoms with Gasteiger partial charge in [0, 0.05) is 5.41 Å². The van der Waals surface area contributed by atoms with Gasteiger partial charge in [0.05, 0.1) is 0 Å². The largest absolute Gasteiger partial charge is 0.330 e. The van der Waals surface area contributed by atoms with Crippen LogP contribution in [0.3, 0.4) is 0 Å². The molecule has 0 aromatic carbocycles. The monoisotopic (exact) mass is 129 g/mol. The lowest BCUT2D eigenvalue weighted by Gasteiger charge is -2.14. The van der Waals surface area contributed by atoms with Crippen LogP contribution in [-0.4, -0.2) is 12.8 Å². The minimum absolute atomic E-state index is 0.167. The Labute approximate surface area is 56.4 Å². The third-order valence-corrected chi connectivity index (χ3v) is 1.34. The lowest BCUT2D eigenvalue weighted by molar-refractivity contribution is -0.115. The molecule has 2 nitrogen and oxygen atoms in total. The quantitative estimate of drug-likeness (QED) is 0.574. The summed E-state index contributed by atoms with van der Waals surface area (Å²) < 4.78 is 0. The fraction of sp³-hybridized carbons (Fsp3) is 0.857. The Morgan fingerprint density at radius 1 is 1.56 bits per heavy atom. The van der Waals surface area contributed by atoms with E-state index in [2.05, 4.69) is 0 Å². The van der Waals surface area contributed by atoms with Gasteiger partial charge in [-0.25, -0.2) is 0 Å². The summed E-state index contributed by atoms with van der Waals surface area (Å²) in [5.41, 5.74) is 5.11. The fourth-order valence-corrected chi connectivity index (χ4v) is 0.617. The minimum atomic E-state index is -0.167. The van der Waals surface area contributed by atoms with E-state index in [0.29, 0.717) is 6.54 Å². The summed E-state index contributed by atoms with van der Waals surface area (Å²) in [4.78, 5) is 10.3. The van der Waals surface area contributed by atoms with Crippen LogP contribution in [0.15, 0.2) is 0 Å². The Morgan fingerprint density at radius 2 is 2.11 bits per heavy atom. The maximum Gasteiger partial charge on any atom is 0.125 e. The van der Waals surface area contributed by atoms with Gasteiger partial charge in [0.1, 0.15) is 6.29 Å². The second kappa shape index (κ2) is 3.62. The zero-order valence-corrected chi connectivity index (χ0v) is 6.18. The molecule has 0 saturated heterocycles. The van der Waals surface area contributed by atoms with Gasteiger partial charge in [-0.3, -0.25) is 0 Å². The first-order valence-corrected chi connectivity index (χ1v) is 3.29. The van der Waals surface area contributed by atoms with Crippen molar-refractivity contribution in [3.63, 3.8) is 0 Å². The highest BCUT2D eigenvalue weighted by Crippen LogP contribution is 2.17. The number of hydrogen-bond acceptors (Lipinski definition) is 2. The second-order valence-corrected chi connectivity index (χ2v) is 3.00. The van der Waals surface area contributed by atoms with Crippen LogP contribution < -0.4 is 5.73 Å². The van der Waals surface area contributed by atoms with E-state index in [-0.39, 0.29) is 5.41 Å². The molecule has 0 aliphatic carbocycles. The molecule has 0 bridgehead atoms. The SMILES string of the molecule is CC(C)(C=O)CCCN. The molecule has 0 radical (unpaired) electrons. The van der Waals surface area contributed by atoms with Crippen LogP contribution in [0.25, 0.3) is 0 Å². The molecule has 2 heteroatoms. The van der Waals surface area contributed by atoms with Gasteiger partial charge in [0.15, 0.2) is 0 Å². The number of hydrogen-bond donors (Lipinski definition) is 1. The van der Waals surface area contributed by atoms with Crippen LogP contribution in [0.4, 0.5) is 0 Å². The highest BCUT2D eigenvalue weighted by atomic mass is 16.1. The van der Waals surface area contributed by atoms with E-state index in [1.54, 1.807) is 0 Å². The van der Waals surface area contributed by atoms with Crippen molar-refractivity contribution in [2.75, 3.05) is 6.54 Å². The molecular weight excluding hydrogens is 114 g/mol. The molecule has 0 fully saturated rings. The molecule has 0 unspecified atom stereocenters. The average Bonchev–Trinajstić information content (AvgIpc) is 1.84. The topological polar surface area (TPSA) is 43.1 Å². The van der Waals surface area contributed by atoms with E-state index in [1.807, 2.05) is 13.8 Å². The maximum atomic E-state index is 10.3. The van der Waals surface area contributed by atoms with Gasteiger partial charge in [-0.05, 0) is 19.4 Å². The Bertz CT molecular complexity index is 88.9. The molecule has 0 aliphatic rings. The molecule has 0 heterocycles. The molecule has 0 amide bonds. The van der Waals surface area contributed by atoms with Crippen molar-refractivity contribution in [1.29, 1.82) is 0 Å². The van der Waals surface area contributed by atoms with Gasteiger partial charge in [-0.1, -0.05) is 13.8 Å². The predicted octanol–water partition coefficient (Wildman–Crippen LogP) is 0.950. The Balaban J connectivity index is 3.45. The number of aldehydes is 1. The molecular formula is C7H15NO. The highest BCUT2D eigenvalue weighted by Gasteiger charge is 2.14. The number of carbonyl (C=O) groups is 1. The highest BCUT2D eigenvalue weighted by molar-refractivity contribution is 5.57. The van der Waals surface area contributed by atoms with Gasteiger partial charge in [-0.2, -0.15) is 0 Å². The van der Waals surface area contributed by atoms with Crippen LogP contribution in [-0.2, 0) is 4.79 Å². The van der Waals surface area contributed by atoms with E-state index in [1.165, 1.54) is 0 Å². The lowest BCUT2D eigenvalue weighted by Crippen LogP contribution is -2.14. The molecule has 0 spiro atoms. The summed E-state index contributed by atoms with van der Waals surface area (Å²) in [6.07, 6.45) is 2.82. The number of carbonyl (C=O) groups excluding carboxylic acids is 1. The van der Waals surface area contributed by atoms with Gasteiger partial charge in [0.2, 0.25) is 0 Å². The zero-order chi connectivity index (χ0) is 7.33. The fourth-order valence-electron chi connectivity index (χ4n) is 0.617. The second-order valence-electron chi connectivity index (χ2n) is 3.00. The van der Waals surface area contributed by atoms with E-state index in [0.717, 1.165) is 19.1 Å². The van der Waals surface area contributed by atoms with Crippen molar-refractivity contribution in [2.24, 2.45) is 11.1 Å². The first-order valence-electron chi connectivity index (χ1n) is 3.29. The minimum Gasteiger partial charge on any atom is -0.330 e. The standard InChI is InChI=1S/C7H15NO/c1-7(2,6-9)4-3-5-8/h6H,3-5,8H2,1-2H3. The van der Waals surface area contributed by atoms with Crippen molar-refractivity contribution in [3.05, 3.63) is 0 Å². The molecule has 0 aromatic heterocycles. The van der Waals surface area contributed by atoms with Crippen molar-refractivity contribution < 1.29 is 4.79 Å². The summed E-state index contributed by atoms with van der Waals surface area (Å²) in [6, 6.07) is 0. The van der Waals surface area contributed by atoms with Crippen molar-refractivity contribution in [2.45, 2.75) is 26.7 Å². The Kier molecular flexibility index (Phi) is 3.47. The average molecular weight is 129 g/mol. The van der Waals surface area contributed by atoms with Gasteiger partial charge in [-0.15, -0.1) is 0 Å². The molecule has 0 saturated carbocycles. The van der Waals surface area contributed by atoms with Crippen LogP contribution >= 0.6 is 0 Å². The Hall–Kier alpha value is -0.370. The van der Waals surface area contributed by atoms with Crippen LogP contribution in [0.2, 0.25) is 0 Å². The molecule has 0 rings (SSSR count). The first kappa shape index (κ1) is 8.63. The van der Waals surface area contributed by atoms with Crippen molar-refractivity contribution >= 4 is 6.29 Å². The maximum absolute atomic E-state index is 10.3. The van der Waals surface area contributed by atoms with Gasteiger partial charge < -0.3 is 10.5 Å². The summed E-state index contributed by atoms with van der Waals surface area (Å²) in [6.45, 7) is 4.53. The third-order valence-electron chi connectivity index (χ3n) is 1.34. The van der Waals surface area contributed by atoms with E-state index < -0.39 is 0 Å². The van der Waals surface area contributed by atoms with Crippen LogP contribution in [0.5, 0.6) is 0 Å². The molecule has 0 aromatic rings. The van der Waals surface area contributed by atoms with Crippen molar-refractivity contribution in [1.82, 2.24) is 0 Å². The van der Waals surface area contributed by atoms with Gasteiger partial charge in [0.25, 0.3) is 0 Å². The first-order chi connectivity index (χ1) is 4.12. The van der Waals surface area contributed by atoms with Crippen LogP contribution in [0, 0.1) is 5.41 Å². The molecule has 2 N–H and O–H groups in total. The summed E-state index contributed by atoms with van der Waals surface area (Å²) in [5.74, 6) is 0. The molecule has 9 heavy (non-hydrogen) atoms. The summed E-state index contributed by atoms with van der Waals surface area (Å²) >= 11 is 0. The molecule has 0 atom stereocenters. The van der Waals surface area contributed by atoms with Crippen molar-refractivity contribution in [3.8, 4) is 0 Å². The van der Waals surface area contributed by atoms with E-state index in [4.69, 9.17) is 5.73 Å². The Morgan fingerprint density at radius 3 is 2.44 bits per heavy atom. The summed E-state index contributed by atoms with van der Waals surface area (Å²) in [7, 11) is 0. The lowest BCUT2D eigenvalue weighted by atomic mass is 9.90. The zero-order valence-electron chi connectivity index (χ0n) is 6.18. The smallest absolute Gasteiger partial charge is 0.125 e. The third kappa shape index (κ3) is 4.15. The summed E-state index contributed by atoms with van der Waals surface area (Å²) in [5, 5.41) is 0. The molecule has 54 valence electrons. The van der Waals surface area contributed by atoms with Crippen LogP contribution in [0.1, 0.15) is 26.7 Å². The van der Waals surface area contributed by atoms with E-state index in [9.17, 15) is 4.79 Å². The van der Waals surface area contributed by atoms with Gasteiger partial charge >= 0.3 is 0 Å². The molecule has 0 aliphatic heterocycles. The number of rotatable bonds is 4. The normalized spacial score (nSPS) is 11.4. The predicted molar refractivity (Wildman–Crippen MR) is 38.1 cm³/mol. The van der Waals surface area contributed by atoms with E-state index >= 15 is 0 Å².